The minimum atomic E-state index is 0.271. The van der Waals surface area contributed by atoms with E-state index in [-0.39, 0.29) is 6.04 Å². The molecule has 108 valence electrons. The van der Waals surface area contributed by atoms with Crippen molar-refractivity contribution >= 4 is 17.0 Å². The molecule has 1 aromatic carbocycles. The highest BCUT2D eigenvalue weighted by molar-refractivity contribution is 7.12. The fraction of sp³-hybridized carbons (Fsp3) is 0.267. The Bertz CT molecular complexity index is 732. The van der Waals surface area contributed by atoms with Crippen LogP contribution in [0.3, 0.4) is 0 Å². The molecule has 6 heteroatoms. The summed E-state index contributed by atoms with van der Waals surface area (Å²) in [5.41, 5.74) is 3.18. The van der Waals surface area contributed by atoms with Crippen LogP contribution in [0.25, 0.3) is 5.69 Å². The summed E-state index contributed by atoms with van der Waals surface area (Å²) < 4.78 is 1.68. The van der Waals surface area contributed by atoms with Gasteiger partial charge in [0.05, 0.1) is 11.7 Å². The second-order valence-electron chi connectivity index (χ2n) is 5.07. The van der Waals surface area contributed by atoms with Crippen molar-refractivity contribution in [1.29, 1.82) is 0 Å². The number of tetrazole rings is 1. The molecule has 21 heavy (non-hydrogen) atoms. The van der Waals surface area contributed by atoms with Crippen molar-refractivity contribution in [3.8, 4) is 5.69 Å². The number of hydrogen-bond donors (Lipinski definition) is 1. The smallest absolute Gasteiger partial charge is 0.143 e. The maximum Gasteiger partial charge on any atom is 0.143 e. The second kappa shape index (κ2) is 5.65. The molecule has 0 aliphatic carbocycles. The zero-order valence-corrected chi connectivity index (χ0v) is 13.1. The van der Waals surface area contributed by atoms with Crippen molar-refractivity contribution in [2.75, 3.05) is 5.32 Å². The van der Waals surface area contributed by atoms with Crippen LogP contribution in [-0.4, -0.2) is 20.2 Å². The van der Waals surface area contributed by atoms with E-state index in [1.54, 1.807) is 11.0 Å². The van der Waals surface area contributed by atoms with E-state index in [4.69, 9.17) is 0 Å². The molecular formula is C15H17N5S. The van der Waals surface area contributed by atoms with E-state index in [1.807, 2.05) is 18.3 Å². The van der Waals surface area contributed by atoms with Crippen LogP contribution in [-0.2, 0) is 0 Å². The summed E-state index contributed by atoms with van der Waals surface area (Å²) in [5, 5.41) is 14.9. The first-order valence-electron chi connectivity index (χ1n) is 6.80. The number of aromatic nitrogens is 4. The molecule has 0 aliphatic rings. The predicted molar refractivity (Wildman–Crippen MR) is 85.0 cm³/mol. The Hall–Kier alpha value is -2.21. The fourth-order valence-corrected chi connectivity index (χ4v) is 3.10. The Morgan fingerprint density at radius 3 is 2.71 bits per heavy atom. The topological polar surface area (TPSA) is 55.6 Å². The Morgan fingerprint density at radius 1 is 1.19 bits per heavy atom. The van der Waals surface area contributed by atoms with E-state index in [0.717, 1.165) is 16.9 Å². The molecule has 1 N–H and O–H groups in total. The van der Waals surface area contributed by atoms with Crippen molar-refractivity contribution in [2.24, 2.45) is 0 Å². The lowest BCUT2D eigenvalue weighted by molar-refractivity contribution is 0.785. The fourth-order valence-electron chi connectivity index (χ4n) is 2.22. The van der Waals surface area contributed by atoms with E-state index in [2.05, 4.69) is 65.0 Å². The van der Waals surface area contributed by atoms with Gasteiger partial charge in [-0.15, -0.1) is 16.4 Å². The lowest BCUT2D eigenvalue weighted by Crippen LogP contribution is -2.06. The predicted octanol–water partition coefficient (Wildman–Crippen LogP) is 3.51. The minimum absolute atomic E-state index is 0.271. The van der Waals surface area contributed by atoms with Gasteiger partial charge in [-0.1, -0.05) is 6.07 Å². The van der Waals surface area contributed by atoms with Gasteiger partial charge in [0, 0.05) is 15.4 Å². The van der Waals surface area contributed by atoms with Gasteiger partial charge in [0.1, 0.15) is 6.33 Å². The van der Waals surface area contributed by atoms with Gasteiger partial charge in [0.25, 0.3) is 0 Å². The van der Waals surface area contributed by atoms with Crippen LogP contribution in [0.2, 0.25) is 0 Å². The molecule has 1 unspecified atom stereocenters. The van der Waals surface area contributed by atoms with E-state index < -0.39 is 0 Å². The normalized spacial score (nSPS) is 12.3. The summed E-state index contributed by atoms with van der Waals surface area (Å²) in [4.78, 5) is 2.66. The average Bonchev–Trinajstić information content (AvgIpc) is 3.12. The molecule has 1 atom stereocenters. The van der Waals surface area contributed by atoms with Gasteiger partial charge < -0.3 is 5.32 Å². The zero-order valence-electron chi connectivity index (χ0n) is 12.2. The molecule has 3 rings (SSSR count). The third kappa shape index (κ3) is 2.95. The summed E-state index contributed by atoms with van der Waals surface area (Å²) in [7, 11) is 0. The molecule has 2 aromatic heterocycles. The van der Waals surface area contributed by atoms with Crippen LogP contribution in [0, 0.1) is 13.8 Å². The molecule has 2 heterocycles. The highest BCUT2D eigenvalue weighted by Crippen LogP contribution is 2.27. The summed E-state index contributed by atoms with van der Waals surface area (Å²) in [6.45, 7) is 6.34. The summed E-state index contributed by atoms with van der Waals surface area (Å²) >= 11 is 1.82. The van der Waals surface area contributed by atoms with Crippen LogP contribution in [0.4, 0.5) is 5.69 Å². The lowest BCUT2D eigenvalue weighted by Gasteiger charge is -2.15. The van der Waals surface area contributed by atoms with Crippen molar-refractivity contribution in [3.05, 3.63) is 52.0 Å². The number of aryl methyl sites for hydroxylation is 2. The largest absolute Gasteiger partial charge is 0.378 e. The standard InChI is InChI=1S/C15H17N5S/c1-10-4-6-13(8-14(10)20-9-16-18-19-20)17-12(3)15-7-5-11(2)21-15/h4-9,12,17H,1-3H3. The van der Waals surface area contributed by atoms with Gasteiger partial charge >= 0.3 is 0 Å². The number of hydrogen-bond acceptors (Lipinski definition) is 5. The number of nitrogens with zero attached hydrogens (tertiary/aromatic N) is 4. The van der Waals surface area contributed by atoms with E-state index in [0.29, 0.717) is 0 Å². The molecule has 0 aliphatic heterocycles. The highest BCUT2D eigenvalue weighted by Gasteiger charge is 2.09. The van der Waals surface area contributed by atoms with Gasteiger partial charge in [-0.25, -0.2) is 4.68 Å². The summed E-state index contributed by atoms with van der Waals surface area (Å²) in [5.74, 6) is 0. The average molecular weight is 299 g/mol. The van der Waals surface area contributed by atoms with E-state index >= 15 is 0 Å². The molecular weight excluding hydrogens is 282 g/mol. The molecule has 5 nitrogen and oxygen atoms in total. The minimum Gasteiger partial charge on any atom is -0.378 e. The first-order chi connectivity index (χ1) is 10.1. The third-order valence-electron chi connectivity index (χ3n) is 3.38. The molecule has 0 bridgehead atoms. The van der Waals surface area contributed by atoms with Crippen molar-refractivity contribution in [3.63, 3.8) is 0 Å². The first kappa shape index (κ1) is 13.8. The van der Waals surface area contributed by atoms with Gasteiger partial charge in [0.15, 0.2) is 0 Å². The molecule has 0 amide bonds. The second-order valence-corrected chi connectivity index (χ2v) is 6.39. The van der Waals surface area contributed by atoms with Crippen LogP contribution in [0.1, 0.15) is 28.3 Å². The molecule has 0 saturated carbocycles. The van der Waals surface area contributed by atoms with Crippen LogP contribution in [0.5, 0.6) is 0 Å². The van der Waals surface area contributed by atoms with Gasteiger partial charge in [0.2, 0.25) is 0 Å². The van der Waals surface area contributed by atoms with E-state index in [1.165, 1.54) is 9.75 Å². The van der Waals surface area contributed by atoms with Crippen LogP contribution >= 0.6 is 11.3 Å². The number of benzene rings is 1. The SMILES string of the molecule is Cc1ccc(C(C)Nc2ccc(C)c(-n3cnnn3)c2)s1. The first-order valence-corrected chi connectivity index (χ1v) is 7.62. The molecule has 3 aromatic rings. The number of thiophene rings is 1. The maximum absolute atomic E-state index is 3.96. The Morgan fingerprint density at radius 2 is 2.05 bits per heavy atom. The number of anilines is 1. The monoisotopic (exact) mass is 299 g/mol. The third-order valence-corrected chi connectivity index (χ3v) is 4.56. The maximum atomic E-state index is 3.96. The Balaban J connectivity index is 1.85. The summed E-state index contributed by atoms with van der Waals surface area (Å²) in [6, 6.07) is 10.8. The van der Waals surface area contributed by atoms with E-state index in [9.17, 15) is 0 Å². The zero-order chi connectivity index (χ0) is 14.8. The van der Waals surface area contributed by atoms with Crippen LogP contribution in [0.15, 0.2) is 36.7 Å². The Labute approximate surface area is 127 Å². The molecule has 0 fully saturated rings. The van der Waals surface area contributed by atoms with Gasteiger partial charge in [-0.2, -0.15) is 0 Å². The number of nitrogens with one attached hydrogen (secondary N) is 1. The van der Waals surface area contributed by atoms with Crippen LogP contribution < -0.4 is 5.32 Å². The van der Waals surface area contributed by atoms with Crippen molar-refractivity contribution in [1.82, 2.24) is 20.2 Å². The van der Waals surface area contributed by atoms with Crippen molar-refractivity contribution in [2.45, 2.75) is 26.8 Å². The molecule has 0 spiro atoms. The lowest BCUT2D eigenvalue weighted by atomic mass is 10.1. The summed E-state index contributed by atoms with van der Waals surface area (Å²) in [6.07, 6.45) is 1.61. The van der Waals surface area contributed by atoms with Gasteiger partial charge in [-0.05, 0) is 61.0 Å². The van der Waals surface area contributed by atoms with Crippen molar-refractivity contribution < 1.29 is 0 Å². The Kier molecular flexibility index (Phi) is 3.70. The molecule has 0 radical (unpaired) electrons. The molecule has 0 saturated heterocycles. The van der Waals surface area contributed by atoms with Gasteiger partial charge in [-0.3, -0.25) is 0 Å². The number of rotatable bonds is 4. The highest BCUT2D eigenvalue weighted by atomic mass is 32.1. The quantitative estimate of drug-likeness (QED) is 0.801.